The zero-order chi connectivity index (χ0) is 14.2. The van der Waals surface area contributed by atoms with E-state index in [0.717, 1.165) is 23.9 Å². The Labute approximate surface area is 111 Å². The monoisotopic (exact) mass is 287 g/mol. The van der Waals surface area contributed by atoms with E-state index < -0.39 is 17.6 Å². The summed E-state index contributed by atoms with van der Waals surface area (Å²) in [4.78, 5) is 14.6. The van der Waals surface area contributed by atoms with Crippen LogP contribution >= 0.6 is 11.8 Å². The number of thioether (sulfide) groups is 1. The van der Waals surface area contributed by atoms with Crippen molar-refractivity contribution in [2.75, 3.05) is 24.9 Å². The molecule has 8 heteroatoms. The van der Waals surface area contributed by atoms with Crippen molar-refractivity contribution in [3.05, 3.63) is 23.8 Å². The zero-order valence-corrected chi connectivity index (χ0v) is 11.0. The Balaban J connectivity index is 2.60. The van der Waals surface area contributed by atoms with E-state index in [1.807, 2.05) is 0 Å². The molecule has 1 N–H and O–H groups in total. The van der Waals surface area contributed by atoms with Gasteiger partial charge in [0, 0.05) is 26.2 Å². The number of carbonyl (C=O) groups is 1. The lowest BCUT2D eigenvalue weighted by Crippen LogP contribution is -2.25. The first-order valence-corrected chi connectivity index (χ1v) is 6.28. The van der Waals surface area contributed by atoms with Crippen LogP contribution in [0.1, 0.15) is 0 Å². The molecule has 2 aromatic rings. The number of aromatic nitrogens is 2. The summed E-state index contributed by atoms with van der Waals surface area (Å²) in [5.41, 5.74) is 0.276. The Morgan fingerprint density at radius 3 is 2.74 bits per heavy atom. The Kier molecular flexibility index (Phi) is 3.61. The summed E-state index contributed by atoms with van der Waals surface area (Å²) in [5.74, 6) is -2.69. The molecule has 0 saturated heterocycles. The maximum Gasteiger partial charge on any atom is 0.313 e. The molecule has 19 heavy (non-hydrogen) atoms. The van der Waals surface area contributed by atoms with Crippen LogP contribution in [-0.2, 0) is 4.79 Å². The fraction of sp³-hybridized carbons (Fsp3) is 0.273. The lowest BCUT2D eigenvalue weighted by Gasteiger charge is -2.17. The van der Waals surface area contributed by atoms with Crippen LogP contribution in [0.4, 0.5) is 8.78 Å². The third kappa shape index (κ3) is 2.62. The number of imidazole rings is 1. The minimum atomic E-state index is -1.01. The van der Waals surface area contributed by atoms with Crippen molar-refractivity contribution in [1.82, 2.24) is 9.66 Å². The van der Waals surface area contributed by atoms with E-state index in [9.17, 15) is 13.6 Å². The number of hydrogen-bond acceptors (Lipinski definition) is 4. The third-order valence-electron chi connectivity index (χ3n) is 2.35. The number of rotatable bonds is 4. The van der Waals surface area contributed by atoms with Gasteiger partial charge in [0.2, 0.25) is 0 Å². The Morgan fingerprint density at radius 2 is 2.16 bits per heavy atom. The SMILES string of the molecule is CN(C)n1c(SCC(=O)O)nc2c(F)cc(F)cc21. The van der Waals surface area contributed by atoms with E-state index >= 15 is 0 Å². The van der Waals surface area contributed by atoms with Crippen LogP contribution in [0.5, 0.6) is 0 Å². The molecule has 0 unspecified atom stereocenters. The average molecular weight is 287 g/mol. The predicted octanol–water partition coefficient (Wildman–Crippen LogP) is 1.69. The molecule has 102 valence electrons. The number of nitrogens with zero attached hydrogens (tertiary/aromatic N) is 3. The molecule has 0 fully saturated rings. The van der Waals surface area contributed by atoms with Crippen molar-refractivity contribution in [3.8, 4) is 0 Å². The number of carboxylic acids is 1. The quantitative estimate of drug-likeness (QED) is 0.867. The standard InChI is InChI=1S/C11H11F2N3O2S/c1-15(2)16-8-4-6(12)3-7(13)10(8)14-11(16)19-5-9(17)18/h3-4H,5H2,1-2H3,(H,17,18). The summed E-state index contributed by atoms with van der Waals surface area (Å²) in [6.45, 7) is 0. The first kappa shape index (κ1) is 13.6. The highest BCUT2D eigenvalue weighted by atomic mass is 32.2. The maximum atomic E-state index is 13.6. The van der Waals surface area contributed by atoms with Crippen LogP contribution in [-0.4, -0.2) is 40.6 Å². The van der Waals surface area contributed by atoms with Gasteiger partial charge in [0.1, 0.15) is 11.3 Å². The van der Waals surface area contributed by atoms with Gasteiger partial charge in [-0.2, -0.15) is 0 Å². The van der Waals surface area contributed by atoms with Crippen LogP contribution in [0.3, 0.4) is 0 Å². The van der Waals surface area contributed by atoms with Crippen molar-refractivity contribution in [3.63, 3.8) is 0 Å². The number of halogens is 2. The first-order chi connectivity index (χ1) is 8.90. The first-order valence-electron chi connectivity index (χ1n) is 5.30. The van der Waals surface area contributed by atoms with E-state index in [1.165, 1.54) is 4.68 Å². The summed E-state index contributed by atoms with van der Waals surface area (Å²) in [6.07, 6.45) is 0. The highest BCUT2D eigenvalue weighted by Crippen LogP contribution is 2.26. The van der Waals surface area contributed by atoms with Crippen molar-refractivity contribution < 1.29 is 18.7 Å². The van der Waals surface area contributed by atoms with E-state index in [4.69, 9.17) is 5.11 Å². The van der Waals surface area contributed by atoms with Gasteiger partial charge in [-0.1, -0.05) is 11.8 Å². The van der Waals surface area contributed by atoms with Crippen molar-refractivity contribution >= 4 is 28.8 Å². The molecule has 5 nitrogen and oxygen atoms in total. The van der Waals surface area contributed by atoms with Crippen LogP contribution in [0.25, 0.3) is 11.0 Å². The van der Waals surface area contributed by atoms with Gasteiger partial charge in [0.15, 0.2) is 11.0 Å². The molecule has 1 heterocycles. The number of aliphatic carboxylic acids is 1. The number of fused-ring (bicyclic) bond motifs is 1. The third-order valence-corrected chi connectivity index (χ3v) is 3.26. The molecule has 0 bridgehead atoms. The maximum absolute atomic E-state index is 13.6. The summed E-state index contributed by atoms with van der Waals surface area (Å²) >= 11 is 0.945. The van der Waals surface area contributed by atoms with Gasteiger partial charge in [0.25, 0.3) is 0 Å². The van der Waals surface area contributed by atoms with Crippen LogP contribution in [0, 0.1) is 11.6 Å². The molecular weight excluding hydrogens is 276 g/mol. The van der Waals surface area contributed by atoms with E-state index in [-0.39, 0.29) is 16.8 Å². The predicted molar refractivity (Wildman–Crippen MR) is 68.1 cm³/mol. The molecule has 0 radical (unpaired) electrons. The molecule has 0 aliphatic rings. The average Bonchev–Trinajstić information content (AvgIpc) is 2.64. The van der Waals surface area contributed by atoms with Gasteiger partial charge in [-0.05, 0) is 0 Å². The number of benzene rings is 1. The van der Waals surface area contributed by atoms with Gasteiger partial charge < -0.3 is 10.1 Å². The van der Waals surface area contributed by atoms with Gasteiger partial charge in [-0.25, -0.2) is 18.4 Å². The highest BCUT2D eigenvalue weighted by molar-refractivity contribution is 7.99. The second-order valence-electron chi connectivity index (χ2n) is 3.99. The van der Waals surface area contributed by atoms with Gasteiger partial charge in [-0.3, -0.25) is 4.79 Å². The smallest absolute Gasteiger partial charge is 0.313 e. The molecule has 0 amide bonds. The largest absolute Gasteiger partial charge is 0.481 e. The highest BCUT2D eigenvalue weighted by Gasteiger charge is 2.18. The zero-order valence-electron chi connectivity index (χ0n) is 10.2. The summed E-state index contributed by atoms with van der Waals surface area (Å²) in [6, 6.07) is 1.91. The van der Waals surface area contributed by atoms with E-state index in [0.29, 0.717) is 5.16 Å². The Morgan fingerprint density at radius 1 is 1.47 bits per heavy atom. The van der Waals surface area contributed by atoms with Crippen LogP contribution in [0.2, 0.25) is 0 Å². The van der Waals surface area contributed by atoms with E-state index in [2.05, 4.69) is 4.98 Å². The van der Waals surface area contributed by atoms with Gasteiger partial charge in [-0.15, -0.1) is 0 Å². The summed E-state index contributed by atoms with van der Waals surface area (Å²) in [7, 11) is 3.35. The van der Waals surface area contributed by atoms with Crippen molar-refractivity contribution in [1.29, 1.82) is 0 Å². The number of hydrogen-bond donors (Lipinski definition) is 1. The molecular formula is C11H11F2N3O2S. The summed E-state index contributed by atoms with van der Waals surface area (Å²) in [5, 5.41) is 10.6. The molecule has 0 aliphatic heterocycles. The minimum Gasteiger partial charge on any atom is -0.481 e. The Bertz CT molecular complexity index is 642. The fourth-order valence-corrected chi connectivity index (χ4v) is 2.47. The van der Waals surface area contributed by atoms with Crippen LogP contribution < -0.4 is 5.01 Å². The van der Waals surface area contributed by atoms with Gasteiger partial charge >= 0.3 is 5.97 Å². The normalized spacial score (nSPS) is 10.9. The molecule has 0 aliphatic carbocycles. The lowest BCUT2D eigenvalue weighted by molar-refractivity contribution is -0.133. The van der Waals surface area contributed by atoms with Gasteiger partial charge in [0.05, 0.1) is 11.3 Å². The summed E-state index contributed by atoms with van der Waals surface area (Å²) < 4.78 is 28.4. The Hall–Kier alpha value is -1.83. The van der Waals surface area contributed by atoms with Crippen LogP contribution in [0.15, 0.2) is 17.3 Å². The fourth-order valence-electron chi connectivity index (χ4n) is 1.68. The van der Waals surface area contributed by atoms with E-state index in [1.54, 1.807) is 19.1 Å². The molecule has 2 rings (SSSR count). The second-order valence-corrected chi connectivity index (χ2v) is 4.93. The van der Waals surface area contributed by atoms with Crippen molar-refractivity contribution in [2.24, 2.45) is 0 Å². The topological polar surface area (TPSA) is 58.4 Å². The number of carboxylic acid groups (broad SMARTS) is 1. The second kappa shape index (κ2) is 5.04. The molecule has 0 spiro atoms. The molecule has 1 aromatic carbocycles. The lowest BCUT2D eigenvalue weighted by atomic mass is 10.3. The molecule has 0 saturated carbocycles. The minimum absolute atomic E-state index is 0.0167. The molecule has 1 aromatic heterocycles. The van der Waals surface area contributed by atoms with Crippen molar-refractivity contribution in [2.45, 2.75) is 5.16 Å². The molecule has 0 atom stereocenters.